The third-order valence-corrected chi connectivity index (χ3v) is 9.78. The van der Waals surface area contributed by atoms with Gasteiger partial charge >= 0.3 is 20.4 Å². The molecule has 0 saturated carbocycles. The molecule has 0 fully saturated rings. The summed E-state index contributed by atoms with van der Waals surface area (Å²) in [7, 11) is 0. The van der Waals surface area contributed by atoms with Crippen molar-refractivity contribution in [3.63, 3.8) is 0 Å². The zero-order valence-corrected chi connectivity index (χ0v) is 28.4. The maximum absolute atomic E-state index is 6.49. The van der Waals surface area contributed by atoms with E-state index < -0.39 is 0 Å². The summed E-state index contributed by atoms with van der Waals surface area (Å²) in [4.78, 5) is 9.53. The summed E-state index contributed by atoms with van der Waals surface area (Å²) >= 11 is 0. The number of ether oxygens (including phenoxy) is 1. The number of pyridine rings is 2. The Balaban J connectivity index is 0.00000327. The summed E-state index contributed by atoms with van der Waals surface area (Å²) in [6.07, 6.45) is 5.70. The molecule has 0 amide bonds. The Morgan fingerprint density at radius 2 is 1.16 bits per heavy atom. The summed E-state index contributed by atoms with van der Waals surface area (Å²) < 4.78 is 13.1. The van der Waals surface area contributed by atoms with E-state index in [9.17, 15) is 0 Å². The number of aromatic nitrogens is 5. The Morgan fingerprint density at radius 3 is 2.02 bits per heavy atom. The second-order valence-corrected chi connectivity index (χ2v) is 12.5. The minimum atomic E-state index is 0. The van der Waals surface area contributed by atoms with E-state index in [1.54, 1.807) is 0 Å². The molecule has 11 rings (SSSR count). The van der Waals surface area contributed by atoms with Crippen LogP contribution in [-0.2, 0) is 20.4 Å². The first kappa shape index (κ1) is 29.6. The fourth-order valence-corrected chi connectivity index (χ4v) is 7.68. The van der Waals surface area contributed by atoms with Crippen LogP contribution in [0.1, 0.15) is 0 Å². The summed E-state index contributed by atoms with van der Waals surface area (Å²) in [5, 5.41) is 7.74. The normalized spacial score (nSPS) is 11.8. The standard InChI is InChI=1S/C44H25N5O.Pd/c1-2-10-28(11-3-1)48-39-17-6-5-15-34(39)37-26-41-36(27-42(37)48)32-20-19-31(25-38(32)43-46-22-23-47(41)43)50-30-13-8-12-29(24-30)49-40-18-7-4-14-33(40)35-16-9-21-45-44(35)49;/h1-23,26-27H;/q-2;+2. The second-order valence-electron chi connectivity index (χ2n) is 12.5. The van der Waals surface area contributed by atoms with Crippen molar-refractivity contribution in [1.29, 1.82) is 0 Å². The number of imidazole rings is 1. The van der Waals surface area contributed by atoms with Crippen LogP contribution in [0.5, 0.6) is 11.5 Å². The number of hydrogen-bond acceptors (Lipinski definition) is 3. The third-order valence-electron chi connectivity index (χ3n) is 9.78. The predicted molar refractivity (Wildman–Crippen MR) is 201 cm³/mol. The minimum absolute atomic E-state index is 0. The quantitative estimate of drug-likeness (QED) is 0.102. The van der Waals surface area contributed by atoms with Crippen molar-refractivity contribution in [3.05, 3.63) is 164 Å². The molecule has 0 N–H and O–H groups in total. The molecule has 0 unspecified atom stereocenters. The largest absolute Gasteiger partial charge is 2.00 e. The van der Waals surface area contributed by atoms with Gasteiger partial charge < -0.3 is 18.3 Å². The zero-order chi connectivity index (χ0) is 32.8. The first-order chi connectivity index (χ1) is 24.8. The summed E-state index contributed by atoms with van der Waals surface area (Å²) in [6, 6.07) is 53.4. The van der Waals surface area contributed by atoms with Crippen molar-refractivity contribution in [3.8, 4) is 22.9 Å². The van der Waals surface area contributed by atoms with Crippen LogP contribution in [0.2, 0.25) is 0 Å². The van der Waals surface area contributed by atoms with E-state index in [1.165, 1.54) is 16.3 Å². The molecule has 0 atom stereocenters. The molecule has 11 aromatic rings. The van der Waals surface area contributed by atoms with Gasteiger partial charge in [0.05, 0.1) is 22.2 Å². The Labute approximate surface area is 305 Å². The van der Waals surface area contributed by atoms with E-state index in [0.717, 1.165) is 66.2 Å². The molecule has 242 valence electrons. The number of nitrogens with zero attached hydrogens (tertiary/aromatic N) is 5. The number of fused-ring (bicyclic) bond motifs is 12. The van der Waals surface area contributed by atoms with Crippen LogP contribution < -0.4 is 4.74 Å². The molecule has 7 heteroatoms. The molecule has 5 heterocycles. The van der Waals surface area contributed by atoms with Gasteiger partial charge in [-0.15, -0.1) is 30.3 Å². The molecule has 5 aromatic heterocycles. The monoisotopic (exact) mass is 745 g/mol. The van der Waals surface area contributed by atoms with Crippen molar-refractivity contribution in [2.24, 2.45) is 0 Å². The van der Waals surface area contributed by atoms with Gasteiger partial charge in [0.15, 0.2) is 0 Å². The molecule has 0 aliphatic heterocycles. The smallest absolute Gasteiger partial charge is 0.503 e. The zero-order valence-electron chi connectivity index (χ0n) is 26.9. The van der Waals surface area contributed by atoms with Gasteiger partial charge in [-0.25, -0.2) is 4.98 Å². The molecule has 0 aliphatic rings. The van der Waals surface area contributed by atoms with Gasteiger partial charge in [0, 0.05) is 62.8 Å². The maximum atomic E-state index is 6.49. The van der Waals surface area contributed by atoms with E-state index in [0.29, 0.717) is 11.5 Å². The van der Waals surface area contributed by atoms with Gasteiger partial charge in [0.25, 0.3) is 0 Å². The molecular formula is C44H25N5OPd. The third kappa shape index (κ3) is 4.39. The molecular weight excluding hydrogens is 721 g/mol. The van der Waals surface area contributed by atoms with E-state index in [2.05, 4.69) is 129 Å². The van der Waals surface area contributed by atoms with E-state index in [-0.39, 0.29) is 20.4 Å². The van der Waals surface area contributed by atoms with E-state index in [4.69, 9.17) is 14.7 Å². The molecule has 51 heavy (non-hydrogen) atoms. The van der Waals surface area contributed by atoms with Crippen LogP contribution in [0.4, 0.5) is 0 Å². The molecule has 6 aromatic carbocycles. The fraction of sp³-hybridized carbons (Fsp3) is 0. The Hall–Kier alpha value is -6.26. The average molecular weight is 746 g/mol. The molecule has 0 aliphatic carbocycles. The van der Waals surface area contributed by atoms with Gasteiger partial charge in [-0.1, -0.05) is 77.1 Å². The Kier molecular flexibility index (Phi) is 6.62. The summed E-state index contributed by atoms with van der Waals surface area (Å²) in [5.74, 6) is 1.18. The first-order valence-electron chi connectivity index (χ1n) is 16.6. The van der Waals surface area contributed by atoms with Crippen LogP contribution in [-0.4, -0.2) is 23.5 Å². The summed E-state index contributed by atoms with van der Waals surface area (Å²) in [6.45, 7) is 0. The van der Waals surface area contributed by atoms with Crippen molar-refractivity contribution >= 4 is 71.1 Å². The van der Waals surface area contributed by atoms with Crippen LogP contribution in [0.3, 0.4) is 0 Å². The molecule has 0 saturated heterocycles. The second kappa shape index (κ2) is 11.4. The molecule has 0 bridgehead atoms. The van der Waals surface area contributed by atoms with Gasteiger partial charge in [0.2, 0.25) is 0 Å². The van der Waals surface area contributed by atoms with Gasteiger partial charge in [-0.2, -0.15) is 6.07 Å². The number of benzene rings is 6. The topological polar surface area (TPSA) is 49.3 Å². The van der Waals surface area contributed by atoms with Crippen molar-refractivity contribution in [2.75, 3.05) is 0 Å². The molecule has 0 spiro atoms. The van der Waals surface area contributed by atoms with Gasteiger partial charge in [-0.05, 0) is 53.9 Å². The molecule has 6 nitrogen and oxygen atoms in total. The molecule has 0 radical (unpaired) electrons. The van der Waals surface area contributed by atoms with Crippen LogP contribution in [0.15, 0.2) is 152 Å². The minimum Gasteiger partial charge on any atom is -0.503 e. The van der Waals surface area contributed by atoms with E-state index >= 15 is 0 Å². The van der Waals surface area contributed by atoms with Crippen molar-refractivity contribution in [1.82, 2.24) is 23.5 Å². The first-order valence-corrected chi connectivity index (χ1v) is 16.6. The maximum Gasteiger partial charge on any atom is 2.00 e. The van der Waals surface area contributed by atoms with Crippen molar-refractivity contribution < 1.29 is 25.2 Å². The van der Waals surface area contributed by atoms with Crippen LogP contribution >= 0.6 is 0 Å². The predicted octanol–water partition coefficient (Wildman–Crippen LogP) is 10.6. The van der Waals surface area contributed by atoms with Gasteiger partial charge in [-0.3, -0.25) is 4.98 Å². The van der Waals surface area contributed by atoms with Gasteiger partial charge in [0.1, 0.15) is 5.65 Å². The van der Waals surface area contributed by atoms with Crippen molar-refractivity contribution in [2.45, 2.75) is 0 Å². The SMILES string of the molecule is [Pd+2].[c-]1c(Oc2[c-]c3c(cc2)c2cc4c(cc2n2ccnc32)c2ccccc2n4-c2ccccc2)cccc1-n1c2ccccc2c2cccnc21. The fourth-order valence-electron chi connectivity index (χ4n) is 7.68. The van der Waals surface area contributed by atoms with Crippen LogP contribution in [0, 0.1) is 12.1 Å². The number of hydrogen-bond donors (Lipinski definition) is 0. The number of rotatable bonds is 4. The Bertz CT molecular complexity index is 3090. The Morgan fingerprint density at radius 1 is 0.471 bits per heavy atom. The van der Waals surface area contributed by atoms with Crippen LogP contribution in [0.25, 0.3) is 82.4 Å². The van der Waals surface area contributed by atoms with E-state index in [1.807, 2.05) is 48.9 Å². The number of para-hydroxylation sites is 3. The summed E-state index contributed by atoms with van der Waals surface area (Å²) in [5.41, 5.74) is 8.18. The average Bonchev–Trinajstić information content (AvgIpc) is 3.88.